The van der Waals surface area contributed by atoms with Crippen molar-refractivity contribution in [2.24, 2.45) is 5.92 Å². The largest absolute Gasteiger partial charge is 0.861 e. The molecule has 2 atom stereocenters. The van der Waals surface area contributed by atoms with Gasteiger partial charge in [-0.3, -0.25) is 0 Å². The minimum absolute atomic E-state index is 0.000571. The number of halogens is 2. The lowest BCUT2D eigenvalue weighted by Crippen LogP contribution is -2.52. The van der Waals surface area contributed by atoms with E-state index in [1.165, 1.54) is 17.8 Å². The Kier molecular flexibility index (Phi) is 7.39. The fourth-order valence-corrected chi connectivity index (χ4v) is 6.34. The zero-order valence-electron chi connectivity index (χ0n) is 19.3. The molecule has 34 heavy (non-hydrogen) atoms. The lowest BCUT2D eigenvalue weighted by atomic mass is 9.65. The van der Waals surface area contributed by atoms with Crippen molar-refractivity contribution in [3.63, 3.8) is 0 Å². The fourth-order valence-electron chi connectivity index (χ4n) is 5.45. The highest BCUT2D eigenvalue weighted by atomic mass is 32.2. The zero-order valence-corrected chi connectivity index (χ0v) is 20.2. The third-order valence-corrected chi connectivity index (χ3v) is 8.24. The molecule has 3 aromatic carbocycles. The van der Waals surface area contributed by atoms with Gasteiger partial charge in [-0.05, 0) is 29.2 Å². The normalized spacial score (nSPS) is 20.4. The molecule has 6 heteroatoms. The summed E-state index contributed by atoms with van der Waals surface area (Å²) < 4.78 is 28.2. The molecule has 1 heterocycles. The van der Waals surface area contributed by atoms with Gasteiger partial charge < -0.3 is 15.0 Å². The summed E-state index contributed by atoms with van der Waals surface area (Å²) in [7, 11) is 2.20. The van der Waals surface area contributed by atoms with E-state index in [1.807, 2.05) is 60.7 Å². The Morgan fingerprint density at radius 1 is 1.00 bits per heavy atom. The molecule has 0 bridgehead atoms. The number of rotatable bonds is 9. The van der Waals surface area contributed by atoms with Gasteiger partial charge in [0.25, 0.3) is 0 Å². The minimum atomic E-state index is -1.00. The van der Waals surface area contributed by atoms with E-state index >= 15 is 0 Å². The molecule has 1 aliphatic rings. The van der Waals surface area contributed by atoms with Crippen LogP contribution in [0.15, 0.2) is 83.8 Å². The summed E-state index contributed by atoms with van der Waals surface area (Å²) in [5.41, 5.74) is 0.742. The molecule has 0 radical (unpaired) electrons. The van der Waals surface area contributed by atoms with E-state index < -0.39 is 22.9 Å². The van der Waals surface area contributed by atoms with Gasteiger partial charge in [-0.25, -0.2) is 8.78 Å². The van der Waals surface area contributed by atoms with Crippen LogP contribution < -0.4 is 5.11 Å². The van der Waals surface area contributed by atoms with E-state index in [0.29, 0.717) is 10.6 Å². The summed E-state index contributed by atoms with van der Waals surface area (Å²) in [5, 5.41) is 21.6. The quantitative estimate of drug-likeness (QED) is 0.150. The van der Waals surface area contributed by atoms with Gasteiger partial charge in [0.05, 0.1) is 32.1 Å². The number of nitrogens with one attached hydrogen (secondary N) is 1. The summed E-state index contributed by atoms with van der Waals surface area (Å²) >= 11 is 1.34. The first kappa shape index (κ1) is 24.4. The molecule has 0 spiro atoms. The van der Waals surface area contributed by atoms with Crippen molar-refractivity contribution in [1.29, 1.82) is 5.41 Å². The molecule has 0 saturated carbocycles. The summed E-state index contributed by atoms with van der Waals surface area (Å²) in [4.78, 5) is 0.342. The number of benzene rings is 3. The van der Waals surface area contributed by atoms with Crippen LogP contribution in [0.3, 0.4) is 0 Å². The van der Waals surface area contributed by atoms with Crippen LogP contribution in [-0.2, 0) is 5.41 Å². The molecule has 0 amide bonds. The standard InChI is InChI=1S/C28H30F2N2OS/c1-32(17-9-19-34-25-15-8-14-24(29)26(25)30)18-16-23(20-32)28(27(31)33,21-10-4-2-5-11-21)22-12-6-3-7-13-22/h2-8,10-15,23H,9,16-20H2,1H3,(H-,31,33). The zero-order chi connectivity index (χ0) is 24.2. The van der Waals surface area contributed by atoms with Crippen LogP contribution in [0.2, 0.25) is 0 Å². The second kappa shape index (κ2) is 10.3. The third-order valence-electron chi connectivity index (χ3n) is 7.12. The molecule has 2 unspecified atom stereocenters. The fraction of sp³-hybridized carbons (Fsp3) is 0.321. The Balaban J connectivity index is 1.51. The molecule has 0 aliphatic carbocycles. The van der Waals surface area contributed by atoms with Crippen LogP contribution >= 0.6 is 11.8 Å². The van der Waals surface area contributed by atoms with Gasteiger partial charge in [0.1, 0.15) is 0 Å². The first-order chi connectivity index (χ1) is 16.4. The van der Waals surface area contributed by atoms with Crippen molar-refractivity contribution >= 4 is 17.7 Å². The maximum Gasteiger partial charge on any atom is 0.172 e. The van der Waals surface area contributed by atoms with E-state index in [4.69, 9.17) is 5.41 Å². The van der Waals surface area contributed by atoms with E-state index in [9.17, 15) is 13.9 Å². The third kappa shape index (κ3) is 4.75. The molecule has 4 rings (SSSR count). The van der Waals surface area contributed by atoms with Crippen LogP contribution in [0, 0.1) is 23.0 Å². The molecule has 1 saturated heterocycles. The van der Waals surface area contributed by atoms with Gasteiger partial charge in [0.15, 0.2) is 11.6 Å². The number of quaternary nitrogens is 1. The van der Waals surface area contributed by atoms with Crippen molar-refractivity contribution in [2.75, 3.05) is 32.4 Å². The van der Waals surface area contributed by atoms with Crippen LogP contribution in [0.1, 0.15) is 24.0 Å². The second-order valence-corrected chi connectivity index (χ2v) is 10.5. The highest BCUT2D eigenvalue weighted by Gasteiger charge is 2.49. The number of likely N-dealkylation sites (tertiary alicyclic amines) is 1. The highest BCUT2D eigenvalue weighted by molar-refractivity contribution is 7.99. The van der Waals surface area contributed by atoms with E-state index in [2.05, 4.69) is 7.05 Å². The SMILES string of the molecule is C[N+]1(CCCSc2cccc(F)c2F)CCC(C(C(=N)[O-])(c2ccccc2)c2ccccc2)C1. The second-order valence-electron chi connectivity index (χ2n) is 9.36. The van der Waals surface area contributed by atoms with Crippen molar-refractivity contribution in [1.82, 2.24) is 0 Å². The molecular formula is C28H30F2N2OS. The maximum atomic E-state index is 13.9. The van der Waals surface area contributed by atoms with Gasteiger partial charge in [-0.15, -0.1) is 11.8 Å². The lowest BCUT2D eigenvalue weighted by Gasteiger charge is -2.43. The molecule has 1 N–H and O–H groups in total. The number of thioether (sulfide) groups is 1. The first-order valence-corrected chi connectivity index (χ1v) is 12.6. The molecule has 0 aromatic heterocycles. The molecule has 1 aliphatic heterocycles. The van der Waals surface area contributed by atoms with E-state index in [0.717, 1.165) is 54.2 Å². The van der Waals surface area contributed by atoms with Gasteiger partial charge in [-0.2, -0.15) is 0 Å². The molecular weight excluding hydrogens is 450 g/mol. The summed E-state index contributed by atoms with van der Waals surface area (Å²) in [6.07, 6.45) is 1.69. The van der Waals surface area contributed by atoms with E-state index in [1.54, 1.807) is 6.07 Å². The van der Waals surface area contributed by atoms with Gasteiger partial charge in [0, 0.05) is 29.4 Å². The number of hydrogen-bond donors (Lipinski definition) is 1. The van der Waals surface area contributed by atoms with Crippen molar-refractivity contribution in [3.8, 4) is 0 Å². The Bertz CT molecular complexity index is 1090. The Morgan fingerprint density at radius 3 is 2.21 bits per heavy atom. The Hall–Kier alpha value is -2.70. The predicted molar refractivity (Wildman–Crippen MR) is 132 cm³/mol. The molecule has 178 valence electrons. The average molecular weight is 481 g/mol. The first-order valence-electron chi connectivity index (χ1n) is 11.6. The van der Waals surface area contributed by atoms with Gasteiger partial charge >= 0.3 is 0 Å². The summed E-state index contributed by atoms with van der Waals surface area (Å²) in [5.74, 6) is -1.47. The van der Waals surface area contributed by atoms with Crippen molar-refractivity contribution < 1.29 is 18.4 Å². The molecule has 3 nitrogen and oxygen atoms in total. The smallest absolute Gasteiger partial charge is 0.172 e. The number of hydrogen-bond acceptors (Lipinski definition) is 3. The summed E-state index contributed by atoms with van der Waals surface area (Å²) in [6.45, 7) is 2.58. The Labute approximate surface area is 204 Å². The molecule has 3 aromatic rings. The number of nitrogens with zero attached hydrogens (tertiary/aromatic N) is 1. The highest BCUT2D eigenvalue weighted by Crippen LogP contribution is 2.45. The minimum Gasteiger partial charge on any atom is -0.861 e. The van der Waals surface area contributed by atoms with Crippen LogP contribution in [0.4, 0.5) is 8.78 Å². The van der Waals surface area contributed by atoms with Crippen molar-refractivity contribution in [2.45, 2.75) is 23.2 Å². The van der Waals surface area contributed by atoms with Gasteiger partial charge in [-0.1, -0.05) is 66.7 Å². The average Bonchev–Trinajstić information content (AvgIpc) is 3.23. The van der Waals surface area contributed by atoms with Crippen LogP contribution in [0.25, 0.3) is 0 Å². The molecule has 1 fully saturated rings. The predicted octanol–water partition coefficient (Wildman–Crippen LogP) is 5.24. The monoisotopic (exact) mass is 480 g/mol. The van der Waals surface area contributed by atoms with E-state index in [-0.39, 0.29) is 5.92 Å². The van der Waals surface area contributed by atoms with Gasteiger partial charge in [0.2, 0.25) is 0 Å². The summed E-state index contributed by atoms with van der Waals surface area (Å²) in [6, 6.07) is 23.7. The van der Waals surface area contributed by atoms with Crippen molar-refractivity contribution in [3.05, 3.63) is 102 Å². The Morgan fingerprint density at radius 2 is 1.62 bits per heavy atom. The maximum absolute atomic E-state index is 13.9. The lowest BCUT2D eigenvalue weighted by molar-refractivity contribution is -0.899. The van der Waals surface area contributed by atoms with Crippen LogP contribution in [-0.4, -0.2) is 42.8 Å². The topological polar surface area (TPSA) is 46.9 Å². The van der Waals surface area contributed by atoms with Crippen LogP contribution in [0.5, 0.6) is 0 Å².